The van der Waals surface area contributed by atoms with Gasteiger partial charge in [0.05, 0.1) is 17.9 Å². The molecule has 7 fully saturated rings. The summed E-state index contributed by atoms with van der Waals surface area (Å²) in [6, 6.07) is 0. The lowest BCUT2D eigenvalue weighted by Crippen LogP contribution is -2.46. The molecule has 7 aliphatic carbocycles. The second kappa shape index (κ2) is 6.88. The molecule has 7 aliphatic rings. The van der Waals surface area contributed by atoms with Crippen molar-refractivity contribution in [3.63, 3.8) is 0 Å². The zero-order valence-corrected chi connectivity index (χ0v) is 17.4. The zero-order valence-electron chi connectivity index (χ0n) is 17.4. The van der Waals surface area contributed by atoms with Crippen molar-refractivity contribution in [3.8, 4) is 0 Å². The lowest BCUT2D eigenvalue weighted by atomic mass is 9.52. The second-order valence-corrected chi connectivity index (χ2v) is 10.6. The van der Waals surface area contributed by atoms with Gasteiger partial charge in [0.15, 0.2) is 0 Å². The van der Waals surface area contributed by atoms with E-state index in [1.807, 2.05) is 0 Å². The molecular weight excluding hydrogens is 352 g/mol. The van der Waals surface area contributed by atoms with Gasteiger partial charge in [0.2, 0.25) is 0 Å². The summed E-state index contributed by atoms with van der Waals surface area (Å²) in [5.41, 5.74) is 0.489. The van der Waals surface area contributed by atoms with Crippen molar-refractivity contribution in [1.82, 2.24) is 0 Å². The predicted molar refractivity (Wildman–Crippen MR) is 108 cm³/mol. The lowest BCUT2D eigenvalue weighted by Gasteiger charge is -2.52. The number of methoxy groups -OCH3 is 1. The van der Waals surface area contributed by atoms with Crippen molar-refractivity contribution in [3.05, 3.63) is 12.7 Å². The fourth-order valence-corrected chi connectivity index (χ4v) is 6.89. The summed E-state index contributed by atoms with van der Waals surface area (Å²) in [6.07, 6.45) is 17.7. The van der Waals surface area contributed by atoms with Crippen LogP contribution in [0.25, 0.3) is 0 Å². The van der Waals surface area contributed by atoms with Crippen LogP contribution >= 0.6 is 0 Å². The molecule has 0 aliphatic heterocycles. The van der Waals surface area contributed by atoms with E-state index < -0.39 is 5.97 Å². The van der Waals surface area contributed by atoms with Gasteiger partial charge in [-0.1, -0.05) is 6.08 Å². The number of fused-ring (bicyclic) bond motifs is 6. The van der Waals surface area contributed by atoms with Crippen LogP contribution in [0.4, 0.5) is 0 Å². The van der Waals surface area contributed by atoms with E-state index in [9.17, 15) is 14.7 Å². The summed E-state index contributed by atoms with van der Waals surface area (Å²) in [5, 5.41) is 9.25. The summed E-state index contributed by atoms with van der Waals surface area (Å²) < 4.78 is 4.91. The highest BCUT2D eigenvalue weighted by Crippen LogP contribution is 2.64. The Bertz CT molecular complexity index is 610. The molecule has 0 aromatic rings. The number of ether oxygens (including phenoxy) is 1. The zero-order chi connectivity index (χ0) is 20.0. The van der Waals surface area contributed by atoms with Crippen molar-refractivity contribution < 1.29 is 19.4 Å². The number of carboxylic acid groups (broad SMARTS) is 1. The molecule has 0 aromatic heterocycles. The van der Waals surface area contributed by atoms with Crippen LogP contribution in [0.2, 0.25) is 0 Å². The number of esters is 1. The Morgan fingerprint density at radius 1 is 0.857 bits per heavy atom. The maximum Gasteiger partial charge on any atom is 0.311 e. The van der Waals surface area contributed by atoms with E-state index in [2.05, 4.69) is 12.7 Å². The third kappa shape index (κ3) is 3.11. The monoisotopic (exact) mass is 388 g/mol. The minimum absolute atomic E-state index is 0.00913. The van der Waals surface area contributed by atoms with Crippen molar-refractivity contribution in [1.29, 1.82) is 0 Å². The maximum atomic E-state index is 11.7. The van der Waals surface area contributed by atoms with Crippen LogP contribution in [0.5, 0.6) is 0 Å². The fraction of sp³-hybridized carbons (Fsp3) is 0.833. The highest BCUT2D eigenvalue weighted by atomic mass is 16.5. The van der Waals surface area contributed by atoms with Gasteiger partial charge in [-0.2, -0.15) is 0 Å². The molecule has 4 nitrogen and oxygen atoms in total. The van der Waals surface area contributed by atoms with Gasteiger partial charge in [-0.05, 0) is 107 Å². The van der Waals surface area contributed by atoms with E-state index in [0.29, 0.717) is 10.8 Å². The van der Waals surface area contributed by atoms with Gasteiger partial charge >= 0.3 is 11.9 Å². The minimum Gasteiger partial charge on any atom is -0.481 e. The van der Waals surface area contributed by atoms with Crippen LogP contribution in [0.15, 0.2) is 12.7 Å². The van der Waals surface area contributed by atoms with Gasteiger partial charge in [0.25, 0.3) is 0 Å². The van der Waals surface area contributed by atoms with Crippen LogP contribution in [0, 0.1) is 27.6 Å². The summed E-state index contributed by atoms with van der Waals surface area (Å²) in [4.78, 5) is 22.9. The standard InChI is InChI=1S/2C12H18O2/c13-10(14)12-6-3-11(4-7-12,5-8-12)9-1-2-9;1-3-11-4-7-12(8-5-11,9-6-11)10(13)14-2/h9H,1-8H2,(H,13,14);3H,1,4-9H2,2H3. The third-order valence-corrected chi connectivity index (χ3v) is 9.56. The number of carbonyl (C=O) groups is 2. The molecule has 0 spiro atoms. The molecule has 7 saturated carbocycles. The van der Waals surface area contributed by atoms with E-state index in [1.54, 1.807) is 0 Å². The number of carboxylic acids is 1. The Kier molecular flexibility index (Phi) is 4.91. The quantitative estimate of drug-likeness (QED) is 0.510. The molecule has 156 valence electrons. The predicted octanol–water partition coefficient (Wildman–Crippen LogP) is 5.51. The topological polar surface area (TPSA) is 63.6 Å². The molecule has 0 atom stereocenters. The van der Waals surface area contributed by atoms with Gasteiger partial charge < -0.3 is 9.84 Å². The lowest BCUT2D eigenvalue weighted by molar-refractivity contribution is -0.161. The average Bonchev–Trinajstić information content (AvgIpc) is 3.62. The first-order valence-electron chi connectivity index (χ1n) is 11.3. The smallest absolute Gasteiger partial charge is 0.311 e. The molecule has 0 radical (unpaired) electrons. The Morgan fingerprint density at radius 2 is 1.32 bits per heavy atom. The molecular formula is C24H36O4. The normalized spacial score (nSPS) is 43.6. The first-order valence-corrected chi connectivity index (χ1v) is 11.3. The van der Waals surface area contributed by atoms with Gasteiger partial charge in [0, 0.05) is 0 Å². The highest BCUT2D eigenvalue weighted by Gasteiger charge is 2.57. The third-order valence-electron chi connectivity index (χ3n) is 9.56. The number of hydrogen-bond acceptors (Lipinski definition) is 3. The molecule has 4 bridgehead atoms. The van der Waals surface area contributed by atoms with Crippen LogP contribution in [0.1, 0.15) is 89.9 Å². The molecule has 4 heteroatoms. The average molecular weight is 389 g/mol. The van der Waals surface area contributed by atoms with Gasteiger partial charge in [-0.3, -0.25) is 9.59 Å². The van der Waals surface area contributed by atoms with Crippen molar-refractivity contribution in [2.75, 3.05) is 7.11 Å². The van der Waals surface area contributed by atoms with E-state index >= 15 is 0 Å². The Morgan fingerprint density at radius 3 is 1.68 bits per heavy atom. The van der Waals surface area contributed by atoms with Crippen molar-refractivity contribution >= 4 is 11.9 Å². The number of aliphatic carboxylic acids is 1. The SMILES string of the molecule is C=CC12CCC(C(=O)OC)(CC1)CC2.O=C(O)C12CCC(C3CC3)(CC1)CC2. The van der Waals surface area contributed by atoms with E-state index in [1.165, 1.54) is 39.2 Å². The fourth-order valence-electron chi connectivity index (χ4n) is 6.89. The molecule has 0 unspecified atom stereocenters. The molecule has 7 rings (SSSR count). The Labute approximate surface area is 169 Å². The maximum absolute atomic E-state index is 11.7. The van der Waals surface area contributed by atoms with Crippen molar-refractivity contribution in [2.24, 2.45) is 27.6 Å². The van der Waals surface area contributed by atoms with Crippen LogP contribution < -0.4 is 0 Å². The number of carbonyl (C=O) groups excluding carboxylic acids is 1. The summed E-state index contributed by atoms with van der Waals surface area (Å²) in [6.45, 7) is 3.92. The van der Waals surface area contributed by atoms with Crippen molar-refractivity contribution in [2.45, 2.75) is 89.9 Å². The first-order chi connectivity index (χ1) is 13.3. The van der Waals surface area contributed by atoms with E-state index in [0.717, 1.165) is 63.7 Å². The Balaban J connectivity index is 0.000000137. The van der Waals surface area contributed by atoms with Gasteiger partial charge in [-0.15, -0.1) is 6.58 Å². The molecule has 0 saturated heterocycles. The molecule has 0 aromatic carbocycles. The summed E-state index contributed by atoms with van der Waals surface area (Å²) in [5.74, 6) is 0.450. The number of allylic oxidation sites excluding steroid dienone is 1. The number of hydrogen-bond donors (Lipinski definition) is 1. The minimum atomic E-state index is -0.526. The van der Waals surface area contributed by atoms with Gasteiger partial charge in [0.1, 0.15) is 0 Å². The van der Waals surface area contributed by atoms with Gasteiger partial charge in [-0.25, -0.2) is 0 Å². The molecule has 1 N–H and O–H groups in total. The number of rotatable bonds is 4. The molecule has 28 heavy (non-hydrogen) atoms. The highest BCUT2D eigenvalue weighted by molar-refractivity contribution is 5.77. The van der Waals surface area contributed by atoms with Crippen LogP contribution in [-0.4, -0.2) is 24.2 Å². The molecule has 0 heterocycles. The largest absolute Gasteiger partial charge is 0.481 e. The first kappa shape index (κ1) is 20.0. The second-order valence-electron chi connectivity index (χ2n) is 10.6. The molecule has 0 amide bonds. The Hall–Kier alpha value is -1.32. The van der Waals surface area contributed by atoms with E-state index in [4.69, 9.17) is 4.74 Å². The van der Waals surface area contributed by atoms with E-state index in [-0.39, 0.29) is 16.8 Å². The summed E-state index contributed by atoms with van der Waals surface area (Å²) >= 11 is 0. The van der Waals surface area contributed by atoms with Crippen LogP contribution in [0.3, 0.4) is 0 Å². The summed E-state index contributed by atoms with van der Waals surface area (Å²) in [7, 11) is 1.50. The van der Waals surface area contributed by atoms with Crippen LogP contribution in [-0.2, 0) is 14.3 Å².